The molecule has 1 fully saturated rings. The Morgan fingerprint density at radius 1 is 1.03 bits per heavy atom. The van der Waals surface area contributed by atoms with E-state index in [4.69, 9.17) is 4.74 Å². The van der Waals surface area contributed by atoms with E-state index in [0.717, 1.165) is 57.1 Å². The Labute approximate surface area is 212 Å². The SMILES string of the molecule is C=C/C=C(C=C)/C(=C/CN(CCN1CCN(C)CC1)C(C)c1ccc(OC)cc1)c1ccccc1. The highest BCUT2D eigenvalue weighted by molar-refractivity contribution is 5.82. The van der Waals surface area contributed by atoms with E-state index in [1.807, 2.05) is 18.2 Å². The van der Waals surface area contributed by atoms with Gasteiger partial charge in [0.1, 0.15) is 5.75 Å². The predicted molar refractivity (Wildman–Crippen MR) is 150 cm³/mol. The lowest BCUT2D eigenvalue weighted by Crippen LogP contribution is -2.47. The van der Waals surface area contributed by atoms with Crippen LogP contribution in [0.3, 0.4) is 0 Å². The second-order valence-corrected chi connectivity index (χ2v) is 9.13. The summed E-state index contributed by atoms with van der Waals surface area (Å²) < 4.78 is 5.38. The maximum atomic E-state index is 5.38. The smallest absolute Gasteiger partial charge is 0.118 e. The van der Waals surface area contributed by atoms with Crippen LogP contribution in [0, 0.1) is 0 Å². The third kappa shape index (κ3) is 7.79. The van der Waals surface area contributed by atoms with Crippen LogP contribution in [-0.2, 0) is 0 Å². The predicted octanol–water partition coefficient (Wildman–Crippen LogP) is 5.69. The zero-order valence-corrected chi connectivity index (χ0v) is 21.7. The Kier molecular flexibility index (Phi) is 10.5. The van der Waals surface area contributed by atoms with Crippen LogP contribution in [0.25, 0.3) is 5.57 Å². The Bertz CT molecular complexity index is 986. The van der Waals surface area contributed by atoms with Crippen LogP contribution in [0.4, 0.5) is 0 Å². The molecule has 35 heavy (non-hydrogen) atoms. The van der Waals surface area contributed by atoms with Crippen molar-refractivity contribution in [2.45, 2.75) is 13.0 Å². The molecule has 1 aliphatic heterocycles. The van der Waals surface area contributed by atoms with Crippen LogP contribution in [0.2, 0.25) is 0 Å². The van der Waals surface area contributed by atoms with Crippen molar-refractivity contribution in [2.75, 3.05) is 60.0 Å². The van der Waals surface area contributed by atoms with Crippen LogP contribution < -0.4 is 4.74 Å². The molecule has 186 valence electrons. The molecule has 1 aliphatic rings. The second-order valence-electron chi connectivity index (χ2n) is 9.13. The summed E-state index contributed by atoms with van der Waals surface area (Å²) in [6.45, 7) is 17.7. The van der Waals surface area contributed by atoms with Gasteiger partial charge in [-0.3, -0.25) is 9.80 Å². The topological polar surface area (TPSA) is 19.0 Å². The first-order valence-electron chi connectivity index (χ1n) is 12.6. The van der Waals surface area contributed by atoms with E-state index >= 15 is 0 Å². The van der Waals surface area contributed by atoms with E-state index in [2.05, 4.69) is 103 Å². The van der Waals surface area contributed by atoms with Crippen LogP contribution in [0.1, 0.15) is 24.1 Å². The van der Waals surface area contributed by atoms with Crippen molar-refractivity contribution < 1.29 is 4.74 Å². The largest absolute Gasteiger partial charge is 0.497 e. The van der Waals surface area contributed by atoms with E-state index in [9.17, 15) is 0 Å². The highest BCUT2D eigenvalue weighted by Crippen LogP contribution is 2.27. The first-order valence-corrected chi connectivity index (χ1v) is 12.6. The molecule has 1 heterocycles. The first-order chi connectivity index (χ1) is 17.0. The number of benzene rings is 2. The lowest BCUT2D eigenvalue weighted by molar-refractivity contribution is 0.127. The van der Waals surface area contributed by atoms with Crippen molar-refractivity contribution in [1.82, 2.24) is 14.7 Å². The molecule has 2 aromatic carbocycles. The zero-order chi connectivity index (χ0) is 25.0. The molecule has 0 aromatic heterocycles. The van der Waals surface area contributed by atoms with E-state index < -0.39 is 0 Å². The number of hydrogen-bond acceptors (Lipinski definition) is 4. The van der Waals surface area contributed by atoms with Gasteiger partial charge in [-0.15, -0.1) is 0 Å². The van der Waals surface area contributed by atoms with Gasteiger partial charge in [-0.05, 0) is 48.4 Å². The number of ether oxygens (including phenoxy) is 1. The van der Waals surface area contributed by atoms with E-state index in [-0.39, 0.29) is 6.04 Å². The maximum Gasteiger partial charge on any atom is 0.118 e. The molecule has 2 aromatic rings. The molecule has 0 spiro atoms. The molecule has 0 N–H and O–H groups in total. The second kappa shape index (κ2) is 13.8. The fourth-order valence-electron chi connectivity index (χ4n) is 4.50. The zero-order valence-electron chi connectivity index (χ0n) is 21.7. The summed E-state index contributed by atoms with van der Waals surface area (Å²) in [4.78, 5) is 7.56. The molecule has 0 saturated carbocycles. The molecule has 1 saturated heterocycles. The Morgan fingerprint density at radius 3 is 2.31 bits per heavy atom. The van der Waals surface area contributed by atoms with Crippen molar-refractivity contribution in [2.24, 2.45) is 0 Å². The molecule has 0 aliphatic carbocycles. The number of nitrogens with zero attached hydrogens (tertiary/aromatic N) is 3. The summed E-state index contributed by atoms with van der Waals surface area (Å²) in [6.07, 6.45) is 8.13. The minimum atomic E-state index is 0.275. The van der Waals surface area contributed by atoms with Gasteiger partial charge >= 0.3 is 0 Å². The van der Waals surface area contributed by atoms with Gasteiger partial charge in [0.05, 0.1) is 7.11 Å². The van der Waals surface area contributed by atoms with Gasteiger partial charge in [-0.2, -0.15) is 0 Å². The van der Waals surface area contributed by atoms with Gasteiger partial charge in [-0.1, -0.05) is 79.9 Å². The molecule has 3 rings (SSSR count). The van der Waals surface area contributed by atoms with Crippen molar-refractivity contribution >= 4 is 5.57 Å². The summed E-state index contributed by atoms with van der Waals surface area (Å²) in [7, 11) is 3.92. The molecule has 0 bridgehead atoms. The van der Waals surface area contributed by atoms with Crippen LogP contribution >= 0.6 is 0 Å². The first kappa shape index (κ1) is 26.7. The number of likely N-dealkylation sites (N-methyl/N-ethyl adjacent to an activating group) is 1. The quantitative estimate of drug-likeness (QED) is 0.370. The average Bonchev–Trinajstić information content (AvgIpc) is 2.91. The molecular weight excluding hydrogens is 430 g/mol. The number of piperazine rings is 1. The molecule has 0 radical (unpaired) electrons. The van der Waals surface area contributed by atoms with Gasteiger partial charge < -0.3 is 9.64 Å². The monoisotopic (exact) mass is 471 g/mol. The van der Waals surface area contributed by atoms with Gasteiger partial charge in [0, 0.05) is 51.9 Å². The maximum absolute atomic E-state index is 5.38. The lowest BCUT2D eigenvalue weighted by Gasteiger charge is -2.35. The van der Waals surface area contributed by atoms with E-state index in [1.54, 1.807) is 7.11 Å². The highest BCUT2D eigenvalue weighted by Gasteiger charge is 2.19. The third-order valence-corrected chi connectivity index (χ3v) is 6.89. The average molecular weight is 472 g/mol. The highest BCUT2D eigenvalue weighted by atomic mass is 16.5. The molecular formula is C31H41N3O. The van der Waals surface area contributed by atoms with Crippen molar-refractivity contribution in [1.29, 1.82) is 0 Å². The van der Waals surface area contributed by atoms with Gasteiger partial charge in [0.2, 0.25) is 0 Å². The molecule has 1 unspecified atom stereocenters. The Balaban J connectivity index is 1.86. The van der Waals surface area contributed by atoms with Crippen LogP contribution in [0.15, 0.2) is 97.6 Å². The van der Waals surface area contributed by atoms with Gasteiger partial charge in [0.15, 0.2) is 0 Å². The fraction of sp³-hybridized carbons (Fsp3) is 0.355. The van der Waals surface area contributed by atoms with Crippen molar-refractivity contribution in [3.05, 3.63) is 109 Å². The van der Waals surface area contributed by atoms with Crippen LogP contribution in [-0.4, -0.2) is 74.7 Å². The summed E-state index contributed by atoms with van der Waals surface area (Å²) in [5.41, 5.74) is 4.76. The van der Waals surface area contributed by atoms with Gasteiger partial charge in [-0.25, -0.2) is 0 Å². The number of rotatable bonds is 12. The summed E-state index contributed by atoms with van der Waals surface area (Å²) in [5, 5.41) is 0. The van der Waals surface area contributed by atoms with Crippen molar-refractivity contribution in [3.8, 4) is 5.75 Å². The summed E-state index contributed by atoms with van der Waals surface area (Å²) >= 11 is 0. The Hall–Kier alpha value is -2.92. The number of methoxy groups -OCH3 is 1. The normalized spacial score (nSPS) is 16.8. The third-order valence-electron chi connectivity index (χ3n) is 6.89. The summed E-state index contributed by atoms with van der Waals surface area (Å²) in [5.74, 6) is 0.890. The molecule has 1 atom stereocenters. The number of allylic oxidation sites excluding steroid dienone is 5. The molecule has 4 heteroatoms. The lowest BCUT2D eigenvalue weighted by atomic mass is 9.96. The summed E-state index contributed by atoms with van der Waals surface area (Å²) in [6, 6.07) is 19.3. The molecule has 4 nitrogen and oxygen atoms in total. The van der Waals surface area contributed by atoms with E-state index in [1.165, 1.54) is 16.7 Å². The minimum Gasteiger partial charge on any atom is -0.497 e. The fourth-order valence-corrected chi connectivity index (χ4v) is 4.50. The van der Waals surface area contributed by atoms with E-state index in [0.29, 0.717) is 0 Å². The Morgan fingerprint density at radius 2 is 1.71 bits per heavy atom. The number of hydrogen-bond donors (Lipinski definition) is 0. The van der Waals surface area contributed by atoms with Gasteiger partial charge in [0.25, 0.3) is 0 Å². The molecule has 0 amide bonds. The van der Waals surface area contributed by atoms with Crippen molar-refractivity contribution in [3.63, 3.8) is 0 Å². The standard InChI is InChI=1S/C31H41N3O/c1-6-11-27(7-2)31(29-12-9-8-10-13-29)18-19-34(25-24-33-22-20-32(4)21-23-33)26(3)28-14-16-30(35-5)17-15-28/h6-18,26H,1-2,19-25H2,3-5H3/b27-11+,31-18-. The minimum absolute atomic E-state index is 0.275. The van der Waals surface area contributed by atoms with Crippen LogP contribution in [0.5, 0.6) is 5.75 Å².